The molecule has 0 unspecified atom stereocenters. The van der Waals surface area contributed by atoms with Crippen molar-refractivity contribution in [2.45, 2.75) is 13.8 Å². The summed E-state index contributed by atoms with van der Waals surface area (Å²) in [6.45, 7) is 3.64. The second-order valence-electron chi connectivity index (χ2n) is 9.91. The van der Waals surface area contributed by atoms with Gasteiger partial charge in [-0.1, -0.05) is 0 Å². The summed E-state index contributed by atoms with van der Waals surface area (Å²) in [6.07, 6.45) is 0. The van der Waals surface area contributed by atoms with Gasteiger partial charge in [0.05, 0.1) is 31.7 Å². The van der Waals surface area contributed by atoms with E-state index in [0.717, 1.165) is 11.1 Å². The van der Waals surface area contributed by atoms with Crippen LogP contribution < -0.4 is 18.9 Å². The van der Waals surface area contributed by atoms with Crippen LogP contribution in [0, 0.1) is 34.1 Å². The molecule has 0 radical (unpaired) electrons. The van der Waals surface area contributed by atoms with Crippen LogP contribution in [0.1, 0.15) is 11.1 Å². The van der Waals surface area contributed by atoms with E-state index in [0.29, 0.717) is 22.5 Å². The molecule has 6 aromatic rings. The van der Waals surface area contributed by atoms with Gasteiger partial charge in [0.25, 0.3) is 11.4 Å². The van der Waals surface area contributed by atoms with Gasteiger partial charge < -0.3 is 18.9 Å². The molecule has 3 heterocycles. The second-order valence-corrected chi connectivity index (χ2v) is 9.91. The zero-order valence-electron chi connectivity index (χ0n) is 22.9. The molecule has 14 nitrogen and oxygen atoms in total. The van der Waals surface area contributed by atoms with E-state index in [2.05, 4.69) is 19.9 Å². The Balaban J connectivity index is 1.46. The van der Waals surface area contributed by atoms with Gasteiger partial charge in [-0.25, -0.2) is 0 Å². The third kappa shape index (κ3) is 5.07. The lowest BCUT2D eigenvalue weighted by Gasteiger charge is -2.15. The summed E-state index contributed by atoms with van der Waals surface area (Å²) >= 11 is 0. The average Bonchev–Trinajstić information content (AvgIpc) is 2.95. The standard InChI is InChI=1S/C30H18N6O8/c1-15-7-19-13-20(8-15)42-28-24-12-18(36(39)40)4-6-26(24)32-30(34-28)44-22-10-16(2)9-21(14-22)43-29-31-25-5-3-17(35(37)38)11-23(25)27(33-29)41-19/h3-14H,1-2H3. The molecule has 0 fully saturated rings. The molecule has 1 aliphatic heterocycles. The summed E-state index contributed by atoms with van der Waals surface area (Å²) in [5, 5.41) is 23.6. The van der Waals surface area contributed by atoms with Crippen LogP contribution in [0.4, 0.5) is 11.4 Å². The predicted molar refractivity (Wildman–Crippen MR) is 155 cm³/mol. The van der Waals surface area contributed by atoms with E-state index in [1.54, 1.807) is 36.4 Å². The van der Waals surface area contributed by atoms with Gasteiger partial charge >= 0.3 is 12.0 Å². The SMILES string of the molecule is Cc1cc2cc(c1)Oc1nc(c3cc([N+](=O)[O-])ccc3n1)Oc1cc(C)cc(c1)Oc1nc(nc3ccc([N+](=O)[O-])cc13)O2. The summed E-state index contributed by atoms with van der Waals surface area (Å²) in [6, 6.07) is 18.2. The van der Waals surface area contributed by atoms with Gasteiger partial charge in [-0.3, -0.25) is 20.2 Å². The van der Waals surface area contributed by atoms with Crippen molar-refractivity contribution in [3.05, 3.63) is 104 Å². The lowest BCUT2D eigenvalue weighted by atomic mass is 10.2. The van der Waals surface area contributed by atoms with Crippen molar-refractivity contribution >= 4 is 33.2 Å². The summed E-state index contributed by atoms with van der Waals surface area (Å²) in [5.74, 6) is 1.22. The Hall–Kier alpha value is -6.44. The van der Waals surface area contributed by atoms with Crippen LogP contribution in [0.2, 0.25) is 0 Å². The van der Waals surface area contributed by atoms with Crippen LogP contribution in [-0.4, -0.2) is 29.8 Å². The molecule has 0 amide bonds. The van der Waals surface area contributed by atoms with Crippen molar-refractivity contribution in [3.8, 4) is 46.8 Å². The Morgan fingerprint density at radius 2 is 0.909 bits per heavy atom. The second kappa shape index (κ2) is 10.1. The average molecular weight is 591 g/mol. The maximum atomic E-state index is 11.5. The van der Waals surface area contributed by atoms with E-state index in [1.165, 1.54) is 36.4 Å². The fourth-order valence-electron chi connectivity index (χ4n) is 4.71. The van der Waals surface area contributed by atoms with Gasteiger partial charge in [0.2, 0.25) is 11.8 Å². The molecule has 4 aromatic carbocycles. The van der Waals surface area contributed by atoms with E-state index in [4.69, 9.17) is 18.9 Å². The van der Waals surface area contributed by atoms with E-state index < -0.39 is 9.85 Å². The van der Waals surface area contributed by atoms with Crippen LogP contribution in [0.3, 0.4) is 0 Å². The monoisotopic (exact) mass is 590 g/mol. The van der Waals surface area contributed by atoms with Crippen LogP contribution in [0.25, 0.3) is 21.8 Å². The molecule has 0 saturated heterocycles. The highest BCUT2D eigenvalue weighted by Gasteiger charge is 2.20. The molecule has 0 saturated carbocycles. The number of non-ortho nitro benzene ring substituents is 2. The third-order valence-corrected chi connectivity index (χ3v) is 6.57. The Kier molecular flexibility index (Phi) is 6.09. The maximum Gasteiger partial charge on any atom is 0.325 e. The van der Waals surface area contributed by atoms with Crippen LogP contribution >= 0.6 is 0 Å². The largest absolute Gasteiger partial charge is 0.438 e. The molecule has 8 bridgehead atoms. The summed E-state index contributed by atoms with van der Waals surface area (Å²) < 4.78 is 24.4. The van der Waals surface area contributed by atoms with Gasteiger partial charge in [-0.05, 0) is 61.4 Å². The highest BCUT2D eigenvalue weighted by Crippen LogP contribution is 2.38. The highest BCUT2D eigenvalue weighted by molar-refractivity contribution is 5.87. The van der Waals surface area contributed by atoms with E-state index in [9.17, 15) is 20.2 Å². The number of aryl methyl sites for hydroxylation is 2. The number of hydrogen-bond acceptors (Lipinski definition) is 12. The van der Waals surface area contributed by atoms with Crippen molar-refractivity contribution in [2.24, 2.45) is 0 Å². The molecular weight excluding hydrogens is 572 g/mol. The molecule has 0 spiro atoms. The summed E-state index contributed by atoms with van der Waals surface area (Å²) in [7, 11) is 0. The quantitative estimate of drug-likeness (QED) is 0.143. The zero-order chi connectivity index (χ0) is 30.5. The molecule has 44 heavy (non-hydrogen) atoms. The van der Waals surface area contributed by atoms with Crippen molar-refractivity contribution < 1.29 is 28.8 Å². The molecule has 7 rings (SSSR count). The van der Waals surface area contributed by atoms with Crippen LogP contribution in [0.5, 0.6) is 46.8 Å². The van der Waals surface area contributed by atoms with Crippen molar-refractivity contribution in [1.29, 1.82) is 0 Å². The summed E-state index contributed by atoms with van der Waals surface area (Å²) in [5.41, 5.74) is 1.85. The Morgan fingerprint density at radius 3 is 1.30 bits per heavy atom. The third-order valence-electron chi connectivity index (χ3n) is 6.57. The first-order valence-electron chi connectivity index (χ1n) is 13.0. The molecular formula is C30H18N6O8. The maximum absolute atomic E-state index is 11.5. The normalized spacial score (nSPS) is 12.0. The predicted octanol–water partition coefficient (Wildman–Crippen LogP) is 7.49. The van der Waals surface area contributed by atoms with Crippen LogP contribution in [-0.2, 0) is 0 Å². The molecule has 1 aliphatic rings. The van der Waals surface area contributed by atoms with Gasteiger partial charge in [-0.2, -0.15) is 19.9 Å². The minimum Gasteiger partial charge on any atom is -0.438 e. The minimum atomic E-state index is -0.524. The molecule has 0 aliphatic carbocycles. The fraction of sp³-hybridized carbons (Fsp3) is 0.0667. The fourth-order valence-corrected chi connectivity index (χ4v) is 4.71. The van der Waals surface area contributed by atoms with Gasteiger partial charge in [0.15, 0.2) is 0 Å². The first kappa shape index (κ1) is 26.5. The Morgan fingerprint density at radius 1 is 0.523 bits per heavy atom. The van der Waals surface area contributed by atoms with Gasteiger partial charge in [0.1, 0.15) is 23.0 Å². The molecule has 0 atom stereocenters. The number of nitro groups is 2. The van der Waals surface area contributed by atoms with E-state index in [-0.39, 0.29) is 57.4 Å². The number of hydrogen-bond donors (Lipinski definition) is 0. The first-order valence-corrected chi connectivity index (χ1v) is 13.0. The van der Waals surface area contributed by atoms with E-state index in [1.807, 2.05) is 13.8 Å². The van der Waals surface area contributed by atoms with Crippen LogP contribution in [0.15, 0.2) is 72.8 Å². The topological polar surface area (TPSA) is 175 Å². The van der Waals surface area contributed by atoms with E-state index >= 15 is 0 Å². The molecule has 0 N–H and O–H groups in total. The zero-order valence-corrected chi connectivity index (χ0v) is 22.9. The lowest BCUT2D eigenvalue weighted by molar-refractivity contribution is -0.384. The number of ether oxygens (including phenoxy) is 4. The van der Waals surface area contributed by atoms with Crippen molar-refractivity contribution in [2.75, 3.05) is 0 Å². The number of rotatable bonds is 2. The number of aromatic nitrogens is 4. The van der Waals surface area contributed by atoms with Crippen molar-refractivity contribution in [1.82, 2.24) is 19.9 Å². The van der Waals surface area contributed by atoms with Gasteiger partial charge in [0, 0.05) is 36.4 Å². The van der Waals surface area contributed by atoms with Crippen molar-refractivity contribution in [3.63, 3.8) is 0 Å². The number of nitro benzene ring substituents is 2. The summed E-state index contributed by atoms with van der Waals surface area (Å²) in [4.78, 5) is 39.8. The van der Waals surface area contributed by atoms with Gasteiger partial charge in [-0.15, -0.1) is 0 Å². The number of fused-ring (bicyclic) bond motifs is 12. The minimum absolute atomic E-state index is 0.00636. The molecule has 216 valence electrons. The smallest absolute Gasteiger partial charge is 0.325 e. The number of benzene rings is 4. The lowest BCUT2D eigenvalue weighted by Crippen LogP contribution is -2.01. The highest BCUT2D eigenvalue weighted by atomic mass is 16.6. The number of nitrogens with zero attached hydrogens (tertiary/aromatic N) is 6. The first-order chi connectivity index (χ1) is 21.2. The Bertz CT molecular complexity index is 2040. The molecule has 14 heteroatoms. The Labute approximate surface area is 246 Å². The molecule has 2 aromatic heterocycles.